The van der Waals surface area contributed by atoms with Crippen molar-refractivity contribution in [3.8, 4) is 0 Å². The molecule has 0 fully saturated rings. The lowest BCUT2D eigenvalue weighted by Crippen LogP contribution is -2.27. The first-order valence-electron chi connectivity index (χ1n) is 5.89. The second-order valence-corrected chi connectivity index (χ2v) is 5.31. The van der Waals surface area contributed by atoms with Crippen molar-refractivity contribution in [2.24, 2.45) is 0 Å². The van der Waals surface area contributed by atoms with Crippen LogP contribution in [-0.4, -0.2) is 14.1 Å². The lowest BCUT2D eigenvalue weighted by molar-refractivity contribution is -0.569. The van der Waals surface area contributed by atoms with Crippen LogP contribution in [0.5, 0.6) is 0 Å². The van der Waals surface area contributed by atoms with Gasteiger partial charge in [0.15, 0.2) is 18.6 Å². The Hall–Kier alpha value is -1.81. The van der Waals surface area contributed by atoms with Crippen LogP contribution in [0.3, 0.4) is 0 Å². The van der Waals surface area contributed by atoms with Gasteiger partial charge in [-0.05, 0) is 23.5 Å². The topological polar surface area (TPSA) is 30.2 Å². The van der Waals surface area contributed by atoms with Gasteiger partial charge < -0.3 is 10.0 Å². The summed E-state index contributed by atoms with van der Waals surface area (Å²) < 4.78 is 2.73. The number of rotatable bonds is 3. The van der Waals surface area contributed by atoms with Gasteiger partial charge in [0, 0.05) is 36.4 Å². The molecule has 0 unspecified atom stereocenters. The lowest BCUT2D eigenvalue weighted by atomic mass is 10.2. The summed E-state index contributed by atoms with van der Waals surface area (Å²) in [5.41, 5.74) is 1.77. The minimum atomic E-state index is -0.0184. The first kappa shape index (κ1) is 13.6. The Morgan fingerprint density at radius 1 is 1.11 bits per heavy atom. The van der Waals surface area contributed by atoms with Gasteiger partial charge in [-0.2, -0.15) is 4.57 Å². The quantitative estimate of drug-likeness (QED) is 0.641. The number of nitrogens with zero attached hydrogens (tertiary/aromatic N) is 2. The normalized spacial score (nSPS) is 11.4. The predicted molar refractivity (Wildman–Crippen MR) is 79.3 cm³/mol. The third-order valence-electron chi connectivity index (χ3n) is 2.75. The highest BCUT2D eigenvalue weighted by Crippen LogP contribution is 2.14. The summed E-state index contributed by atoms with van der Waals surface area (Å²) in [5.74, 6) is -0.0184. The van der Waals surface area contributed by atoms with Gasteiger partial charge in [-0.1, -0.05) is 28.1 Å². The highest BCUT2D eigenvalue weighted by Gasteiger charge is 2.00. The number of halogens is 1. The Bertz CT molecular complexity index is 574. The molecule has 1 aromatic carbocycles. The fourth-order valence-electron chi connectivity index (χ4n) is 1.64. The smallest absolute Gasteiger partial charge is 0.176 e. The third-order valence-corrected chi connectivity index (χ3v) is 3.27. The molecule has 1 aromatic heterocycles. The van der Waals surface area contributed by atoms with Crippen molar-refractivity contribution in [1.82, 2.24) is 0 Å². The van der Waals surface area contributed by atoms with Gasteiger partial charge in [0.05, 0.1) is 0 Å². The maximum Gasteiger partial charge on any atom is 0.176 e. The van der Waals surface area contributed by atoms with Crippen molar-refractivity contribution in [3.63, 3.8) is 0 Å². The summed E-state index contributed by atoms with van der Waals surface area (Å²) in [6.07, 6.45) is 5.31. The Morgan fingerprint density at radius 3 is 2.21 bits per heavy atom. The molecular formula is C15H15BrN2O. The van der Waals surface area contributed by atoms with Crippen LogP contribution in [0.1, 0.15) is 5.56 Å². The highest BCUT2D eigenvalue weighted by molar-refractivity contribution is 9.10. The molecule has 0 radical (unpaired) electrons. The molecule has 0 bridgehead atoms. The van der Waals surface area contributed by atoms with E-state index in [1.54, 1.807) is 22.9 Å². The second kappa shape index (κ2) is 5.89. The van der Waals surface area contributed by atoms with Gasteiger partial charge in [-0.15, -0.1) is 0 Å². The van der Waals surface area contributed by atoms with Crippen molar-refractivity contribution in [2.45, 2.75) is 0 Å². The van der Waals surface area contributed by atoms with Crippen LogP contribution in [0.15, 0.2) is 53.3 Å². The summed E-state index contributed by atoms with van der Waals surface area (Å²) >= 11 is 3.35. The largest absolute Gasteiger partial charge is 0.868 e. The van der Waals surface area contributed by atoms with Gasteiger partial charge in [0.2, 0.25) is 0 Å². The van der Waals surface area contributed by atoms with E-state index in [9.17, 15) is 5.11 Å². The molecule has 0 saturated carbocycles. The van der Waals surface area contributed by atoms with Crippen LogP contribution >= 0.6 is 15.9 Å². The van der Waals surface area contributed by atoms with Crippen LogP contribution in [0.4, 0.5) is 5.69 Å². The van der Waals surface area contributed by atoms with Gasteiger partial charge in [-0.3, -0.25) is 0 Å². The van der Waals surface area contributed by atoms with E-state index < -0.39 is 0 Å². The molecule has 0 spiro atoms. The summed E-state index contributed by atoms with van der Waals surface area (Å²) in [7, 11) is 3.97. The number of hydrogen-bond donors (Lipinski definition) is 0. The van der Waals surface area contributed by atoms with Crippen molar-refractivity contribution in [2.75, 3.05) is 19.0 Å². The summed E-state index contributed by atoms with van der Waals surface area (Å²) in [6.45, 7) is 0. The van der Waals surface area contributed by atoms with Crippen LogP contribution in [-0.2, 0) is 0 Å². The standard InChI is InChI=1S/C15H15BrN2O/c1-17(2)14-7-9-18(10-8-14)11-15(19)12-3-5-13(16)6-4-12/h3-11H,1-2H3/b15-11-. The lowest BCUT2D eigenvalue weighted by Gasteiger charge is -2.11. The zero-order valence-corrected chi connectivity index (χ0v) is 12.5. The van der Waals surface area contributed by atoms with Crippen molar-refractivity contribution in [3.05, 3.63) is 58.8 Å². The Balaban J connectivity index is 2.22. The highest BCUT2D eigenvalue weighted by atomic mass is 79.9. The number of benzene rings is 1. The van der Waals surface area contributed by atoms with E-state index in [0.29, 0.717) is 5.56 Å². The first-order chi connectivity index (χ1) is 9.06. The minimum absolute atomic E-state index is 0.0184. The van der Waals surface area contributed by atoms with Crippen molar-refractivity contribution < 1.29 is 9.67 Å². The van der Waals surface area contributed by atoms with Gasteiger partial charge in [0.1, 0.15) is 0 Å². The van der Waals surface area contributed by atoms with Gasteiger partial charge in [-0.25, -0.2) is 0 Å². The van der Waals surface area contributed by atoms with E-state index in [4.69, 9.17) is 0 Å². The maximum absolute atomic E-state index is 12.0. The van der Waals surface area contributed by atoms with Crippen LogP contribution in [0.25, 0.3) is 12.0 Å². The summed E-state index contributed by atoms with van der Waals surface area (Å²) in [4.78, 5) is 2.01. The molecule has 4 heteroatoms. The first-order valence-corrected chi connectivity index (χ1v) is 6.68. The third kappa shape index (κ3) is 3.58. The summed E-state index contributed by atoms with van der Waals surface area (Å²) in [5, 5.41) is 12.0. The molecule has 3 nitrogen and oxygen atoms in total. The summed E-state index contributed by atoms with van der Waals surface area (Å²) in [6, 6.07) is 11.3. The Morgan fingerprint density at radius 2 is 1.68 bits per heavy atom. The molecule has 2 aromatic rings. The monoisotopic (exact) mass is 318 g/mol. The molecule has 0 atom stereocenters. The molecule has 19 heavy (non-hydrogen) atoms. The molecule has 2 rings (SSSR count). The van der Waals surface area contributed by atoms with E-state index in [1.165, 1.54) is 0 Å². The number of pyridine rings is 1. The van der Waals surface area contributed by atoms with Crippen molar-refractivity contribution >= 4 is 33.6 Å². The molecule has 0 N–H and O–H groups in total. The van der Waals surface area contributed by atoms with Crippen molar-refractivity contribution in [1.29, 1.82) is 0 Å². The fourth-order valence-corrected chi connectivity index (χ4v) is 1.90. The van der Waals surface area contributed by atoms with E-state index >= 15 is 0 Å². The molecular weight excluding hydrogens is 304 g/mol. The Labute approximate surface area is 121 Å². The average Bonchev–Trinajstić information content (AvgIpc) is 2.40. The number of anilines is 1. The zero-order valence-electron chi connectivity index (χ0n) is 10.9. The van der Waals surface area contributed by atoms with E-state index in [-0.39, 0.29) is 5.76 Å². The van der Waals surface area contributed by atoms with E-state index in [0.717, 1.165) is 10.2 Å². The fraction of sp³-hybridized carbons (Fsp3) is 0.133. The van der Waals surface area contributed by atoms with Crippen LogP contribution in [0.2, 0.25) is 0 Å². The SMILES string of the molecule is CN(C)c1cc[n+](/C=C(\[O-])c2ccc(Br)cc2)cc1. The minimum Gasteiger partial charge on any atom is -0.868 e. The molecule has 98 valence electrons. The molecule has 1 heterocycles. The zero-order chi connectivity index (χ0) is 13.8. The van der Waals surface area contributed by atoms with Gasteiger partial charge in [0.25, 0.3) is 0 Å². The molecule has 0 aliphatic heterocycles. The average molecular weight is 319 g/mol. The maximum atomic E-state index is 12.0. The molecule has 0 aliphatic carbocycles. The van der Waals surface area contributed by atoms with Crippen LogP contribution < -0.4 is 14.6 Å². The number of aromatic nitrogens is 1. The molecule has 0 amide bonds. The second-order valence-electron chi connectivity index (χ2n) is 4.40. The predicted octanol–water partition coefficient (Wildman–Crippen LogP) is 2.12. The molecule has 0 saturated heterocycles. The van der Waals surface area contributed by atoms with E-state index in [2.05, 4.69) is 15.9 Å². The molecule has 0 aliphatic rings. The number of hydrogen-bond acceptors (Lipinski definition) is 2. The Kier molecular flexibility index (Phi) is 4.22. The van der Waals surface area contributed by atoms with Crippen LogP contribution in [0, 0.1) is 0 Å². The van der Waals surface area contributed by atoms with Gasteiger partial charge >= 0.3 is 0 Å². The van der Waals surface area contributed by atoms with E-state index in [1.807, 2.05) is 55.7 Å².